The van der Waals surface area contributed by atoms with E-state index >= 15 is 0 Å². The first-order chi connectivity index (χ1) is 5.65. The maximum absolute atomic E-state index is 11.3. The van der Waals surface area contributed by atoms with E-state index in [0.717, 1.165) is 6.42 Å². The minimum absolute atomic E-state index is 0.00579. The molecule has 3 heteroatoms. The van der Waals surface area contributed by atoms with Crippen molar-refractivity contribution in [2.24, 2.45) is 5.92 Å². The first-order valence-electron chi connectivity index (χ1n) is 4.52. The Labute approximate surface area is 73.7 Å². The van der Waals surface area contributed by atoms with Gasteiger partial charge in [-0.2, -0.15) is 0 Å². The highest BCUT2D eigenvalue weighted by atomic mass is 16.5. The monoisotopic (exact) mass is 171 g/mol. The van der Waals surface area contributed by atoms with Gasteiger partial charge in [-0.25, -0.2) is 0 Å². The lowest BCUT2D eigenvalue weighted by Gasteiger charge is -2.35. The van der Waals surface area contributed by atoms with Gasteiger partial charge >= 0.3 is 0 Å². The molecule has 0 aliphatic carbocycles. The van der Waals surface area contributed by atoms with E-state index in [0.29, 0.717) is 18.9 Å². The molecule has 12 heavy (non-hydrogen) atoms. The molecule has 0 saturated carbocycles. The molecular weight excluding hydrogens is 154 g/mol. The lowest BCUT2D eigenvalue weighted by molar-refractivity contribution is -0.152. The van der Waals surface area contributed by atoms with E-state index < -0.39 is 0 Å². The maximum atomic E-state index is 11.3. The Hall–Kier alpha value is -0.570. The molecule has 1 saturated heterocycles. The van der Waals surface area contributed by atoms with Crippen molar-refractivity contribution in [3.8, 4) is 0 Å². The maximum Gasteiger partial charge on any atom is 0.224 e. The minimum Gasteiger partial charge on any atom is -0.359 e. The number of piperidine rings is 1. The molecule has 0 bridgehead atoms. The van der Waals surface area contributed by atoms with Crippen molar-refractivity contribution in [2.45, 2.75) is 32.9 Å². The number of likely N-dealkylation sites (tertiary alicyclic amines) is 1. The van der Waals surface area contributed by atoms with Crippen LogP contribution in [0.1, 0.15) is 26.7 Å². The third-order valence-electron chi connectivity index (χ3n) is 2.31. The molecule has 0 aromatic heterocycles. The zero-order valence-electron chi connectivity index (χ0n) is 8.04. The number of hydrogen-bond donors (Lipinski definition) is 0. The molecule has 0 radical (unpaired) electrons. The van der Waals surface area contributed by atoms with Crippen molar-refractivity contribution in [3.05, 3.63) is 0 Å². The summed E-state index contributed by atoms with van der Waals surface area (Å²) in [6.45, 7) is 4.73. The Morgan fingerprint density at radius 2 is 2.33 bits per heavy atom. The average Bonchev–Trinajstić information content (AvgIpc) is 2.00. The lowest BCUT2D eigenvalue weighted by Crippen LogP contribution is -2.44. The summed E-state index contributed by atoms with van der Waals surface area (Å²) in [5, 5.41) is 0. The molecule has 0 N–H and O–H groups in total. The molecule has 70 valence electrons. The van der Waals surface area contributed by atoms with Crippen LogP contribution >= 0.6 is 0 Å². The molecule has 1 rings (SSSR count). The van der Waals surface area contributed by atoms with Gasteiger partial charge in [-0.3, -0.25) is 4.79 Å². The van der Waals surface area contributed by atoms with E-state index in [4.69, 9.17) is 4.74 Å². The largest absolute Gasteiger partial charge is 0.359 e. The van der Waals surface area contributed by atoms with Gasteiger partial charge in [0.15, 0.2) is 0 Å². The molecule has 1 aliphatic rings. The average molecular weight is 171 g/mol. The minimum atomic E-state index is 0.00579. The van der Waals surface area contributed by atoms with E-state index in [-0.39, 0.29) is 12.1 Å². The van der Waals surface area contributed by atoms with E-state index in [9.17, 15) is 4.79 Å². The highest BCUT2D eigenvalue weighted by molar-refractivity contribution is 5.77. The Balaban J connectivity index is 2.53. The van der Waals surface area contributed by atoms with Crippen LogP contribution in [0.15, 0.2) is 0 Å². The van der Waals surface area contributed by atoms with Crippen LogP contribution in [-0.2, 0) is 9.53 Å². The Kier molecular flexibility index (Phi) is 3.09. The Bertz CT molecular complexity index is 170. The molecule has 0 aromatic carbocycles. The Morgan fingerprint density at radius 3 is 2.92 bits per heavy atom. The van der Waals surface area contributed by atoms with Crippen LogP contribution in [0.4, 0.5) is 0 Å². The predicted octanol–water partition coefficient (Wildman–Crippen LogP) is 1.24. The van der Waals surface area contributed by atoms with Gasteiger partial charge in [0, 0.05) is 20.1 Å². The highest BCUT2D eigenvalue weighted by Gasteiger charge is 2.29. The van der Waals surface area contributed by atoms with Crippen LogP contribution in [-0.4, -0.2) is 30.7 Å². The van der Waals surface area contributed by atoms with Gasteiger partial charge in [0.05, 0.1) is 0 Å². The van der Waals surface area contributed by atoms with Crippen molar-refractivity contribution in [1.29, 1.82) is 0 Å². The van der Waals surface area contributed by atoms with Crippen molar-refractivity contribution < 1.29 is 9.53 Å². The Morgan fingerprint density at radius 1 is 1.67 bits per heavy atom. The van der Waals surface area contributed by atoms with Crippen LogP contribution in [0.3, 0.4) is 0 Å². The zero-order valence-corrected chi connectivity index (χ0v) is 8.04. The van der Waals surface area contributed by atoms with Gasteiger partial charge in [0.1, 0.15) is 6.23 Å². The predicted molar refractivity (Wildman–Crippen MR) is 46.6 cm³/mol. The fraction of sp³-hybridized carbons (Fsp3) is 0.889. The van der Waals surface area contributed by atoms with Gasteiger partial charge in [-0.15, -0.1) is 0 Å². The fourth-order valence-electron chi connectivity index (χ4n) is 1.56. The molecule has 2 unspecified atom stereocenters. The second-order valence-corrected chi connectivity index (χ2v) is 3.46. The molecule has 1 aliphatic heterocycles. The molecule has 2 atom stereocenters. The van der Waals surface area contributed by atoms with E-state index in [1.807, 2.05) is 14.0 Å². The van der Waals surface area contributed by atoms with E-state index in [1.54, 1.807) is 4.90 Å². The van der Waals surface area contributed by atoms with Gasteiger partial charge in [0.2, 0.25) is 5.91 Å². The van der Waals surface area contributed by atoms with Crippen LogP contribution in [0.25, 0.3) is 0 Å². The number of carbonyl (C=O) groups is 1. The SMILES string of the molecule is CCOC1CC(C)CC(=O)N1C. The second kappa shape index (κ2) is 3.90. The van der Waals surface area contributed by atoms with Gasteiger partial charge in [-0.05, 0) is 19.3 Å². The number of ether oxygens (including phenoxy) is 1. The number of rotatable bonds is 2. The third kappa shape index (κ3) is 1.97. The zero-order chi connectivity index (χ0) is 9.14. The van der Waals surface area contributed by atoms with Crippen molar-refractivity contribution in [3.63, 3.8) is 0 Å². The van der Waals surface area contributed by atoms with Crippen molar-refractivity contribution >= 4 is 5.91 Å². The first-order valence-corrected chi connectivity index (χ1v) is 4.52. The number of carbonyl (C=O) groups excluding carboxylic acids is 1. The first kappa shape index (κ1) is 9.52. The summed E-state index contributed by atoms with van der Waals surface area (Å²) in [4.78, 5) is 13.0. The van der Waals surface area contributed by atoms with E-state index in [1.165, 1.54) is 0 Å². The van der Waals surface area contributed by atoms with Crippen LogP contribution in [0.2, 0.25) is 0 Å². The summed E-state index contributed by atoms with van der Waals surface area (Å²) < 4.78 is 5.44. The van der Waals surface area contributed by atoms with Crippen molar-refractivity contribution in [1.82, 2.24) is 4.90 Å². The standard InChI is InChI=1S/C9H17NO2/c1-4-12-9-6-7(2)5-8(11)10(9)3/h7,9H,4-6H2,1-3H3. The van der Waals surface area contributed by atoms with Gasteiger partial charge < -0.3 is 9.64 Å². The van der Waals surface area contributed by atoms with Crippen LogP contribution in [0, 0.1) is 5.92 Å². The van der Waals surface area contributed by atoms with Gasteiger partial charge in [-0.1, -0.05) is 6.92 Å². The number of hydrogen-bond acceptors (Lipinski definition) is 2. The van der Waals surface area contributed by atoms with Crippen LogP contribution < -0.4 is 0 Å². The summed E-state index contributed by atoms with van der Waals surface area (Å²) in [6, 6.07) is 0. The summed E-state index contributed by atoms with van der Waals surface area (Å²) in [5.41, 5.74) is 0. The molecule has 0 spiro atoms. The normalized spacial score (nSPS) is 30.9. The summed E-state index contributed by atoms with van der Waals surface area (Å²) >= 11 is 0. The van der Waals surface area contributed by atoms with E-state index in [2.05, 4.69) is 6.92 Å². The summed E-state index contributed by atoms with van der Waals surface area (Å²) in [6.07, 6.45) is 1.64. The molecular formula is C9H17NO2. The molecule has 1 fully saturated rings. The lowest BCUT2D eigenvalue weighted by atomic mass is 9.97. The molecule has 3 nitrogen and oxygen atoms in total. The molecule has 1 heterocycles. The summed E-state index contributed by atoms with van der Waals surface area (Å²) in [7, 11) is 1.81. The number of nitrogens with zero attached hydrogens (tertiary/aromatic N) is 1. The topological polar surface area (TPSA) is 29.5 Å². The highest BCUT2D eigenvalue weighted by Crippen LogP contribution is 2.22. The molecule has 0 aromatic rings. The third-order valence-corrected chi connectivity index (χ3v) is 2.31. The quantitative estimate of drug-likeness (QED) is 0.625. The van der Waals surface area contributed by atoms with Crippen LogP contribution in [0.5, 0.6) is 0 Å². The molecule has 1 amide bonds. The summed E-state index contributed by atoms with van der Waals surface area (Å²) in [5.74, 6) is 0.664. The number of amides is 1. The van der Waals surface area contributed by atoms with Gasteiger partial charge in [0.25, 0.3) is 0 Å². The smallest absolute Gasteiger partial charge is 0.224 e. The fourth-order valence-corrected chi connectivity index (χ4v) is 1.56. The second-order valence-electron chi connectivity index (χ2n) is 3.46. The van der Waals surface area contributed by atoms with Crippen molar-refractivity contribution in [2.75, 3.05) is 13.7 Å².